The molecule has 4 aromatic rings. The molecule has 0 saturated heterocycles. The fourth-order valence-electron chi connectivity index (χ4n) is 3.38. The Balaban J connectivity index is 1.99. The lowest BCUT2D eigenvalue weighted by Gasteiger charge is -2.15. The van der Waals surface area contributed by atoms with Crippen molar-refractivity contribution in [2.75, 3.05) is 0 Å². The molecule has 30 heavy (non-hydrogen) atoms. The zero-order chi connectivity index (χ0) is 21.7. The Morgan fingerprint density at radius 3 is 2.33 bits per heavy atom. The summed E-state index contributed by atoms with van der Waals surface area (Å²) in [5.74, 6) is 0. The Morgan fingerprint density at radius 1 is 0.933 bits per heavy atom. The SMILES string of the molecule is Cn1ccc(-c2cc(C(F)(F)F)ccc2-c2cccc3cc(S(=O)(=O)O)ccc23)n1. The van der Waals surface area contributed by atoms with Gasteiger partial charge in [-0.1, -0.05) is 30.3 Å². The van der Waals surface area contributed by atoms with Gasteiger partial charge in [-0.25, -0.2) is 0 Å². The second-order valence-electron chi connectivity index (χ2n) is 6.80. The second kappa shape index (κ2) is 6.96. The average molecular weight is 432 g/mol. The van der Waals surface area contributed by atoms with E-state index in [-0.39, 0.29) is 4.90 Å². The summed E-state index contributed by atoms with van der Waals surface area (Å²) in [5.41, 5.74) is 1.03. The number of alkyl halides is 3. The van der Waals surface area contributed by atoms with Gasteiger partial charge < -0.3 is 0 Å². The molecule has 5 nitrogen and oxygen atoms in total. The molecule has 1 aromatic heterocycles. The van der Waals surface area contributed by atoms with Gasteiger partial charge in [-0.15, -0.1) is 0 Å². The molecule has 0 aliphatic rings. The summed E-state index contributed by atoms with van der Waals surface area (Å²) in [4.78, 5) is -0.260. The first-order valence-electron chi connectivity index (χ1n) is 8.76. The van der Waals surface area contributed by atoms with E-state index in [4.69, 9.17) is 0 Å². The van der Waals surface area contributed by atoms with Crippen LogP contribution in [0.1, 0.15) is 5.56 Å². The van der Waals surface area contributed by atoms with E-state index in [0.29, 0.717) is 33.2 Å². The summed E-state index contributed by atoms with van der Waals surface area (Å²) in [5, 5.41) is 5.40. The first-order chi connectivity index (χ1) is 14.0. The minimum absolute atomic E-state index is 0.260. The van der Waals surface area contributed by atoms with Crippen molar-refractivity contribution < 1.29 is 26.1 Å². The van der Waals surface area contributed by atoms with E-state index in [1.165, 1.54) is 28.9 Å². The lowest BCUT2D eigenvalue weighted by atomic mass is 9.92. The van der Waals surface area contributed by atoms with Crippen molar-refractivity contribution in [1.29, 1.82) is 0 Å². The highest BCUT2D eigenvalue weighted by molar-refractivity contribution is 7.85. The molecule has 0 radical (unpaired) electrons. The first kappa shape index (κ1) is 20.1. The number of hydrogen-bond acceptors (Lipinski definition) is 3. The molecular formula is C21H15F3N2O3S. The maximum Gasteiger partial charge on any atom is 0.416 e. The third-order valence-electron chi connectivity index (χ3n) is 4.78. The topological polar surface area (TPSA) is 72.2 Å². The highest BCUT2D eigenvalue weighted by atomic mass is 32.2. The van der Waals surface area contributed by atoms with E-state index in [9.17, 15) is 26.1 Å². The van der Waals surface area contributed by atoms with Gasteiger partial charge in [0.25, 0.3) is 10.1 Å². The molecule has 9 heteroatoms. The minimum atomic E-state index is -4.51. The van der Waals surface area contributed by atoms with E-state index in [0.717, 1.165) is 12.1 Å². The number of aryl methyl sites for hydroxylation is 1. The fourth-order valence-corrected chi connectivity index (χ4v) is 3.90. The molecule has 0 aliphatic heterocycles. The van der Waals surface area contributed by atoms with Crippen molar-refractivity contribution in [3.63, 3.8) is 0 Å². The highest BCUT2D eigenvalue weighted by Gasteiger charge is 2.31. The molecule has 0 aliphatic carbocycles. The van der Waals surface area contributed by atoms with Gasteiger partial charge in [-0.3, -0.25) is 9.23 Å². The molecule has 0 atom stereocenters. The standard InChI is InChI=1S/C21H15F3N2O3S/c1-26-10-9-20(25-26)19-12-14(21(22,23)24)5-7-18(19)17-4-2-3-13-11-15(30(27,28)29)6-8-16(13)17/h2-12H,1H3,(H,27,28,29). The lowest BCUT2D eigenvalue weighted by Crippen LogP contribution is -2.05. The van der Waals surface area contributed by atoms with Crippen molar-refractivity contribution in [3.05, 3.63) is 72.4 Å². The summed E-state index contributed by atoms with van der Waals surface area (Å²) in [6.07, 6.45) is -2.87. The van der Waals surface area contributed by atoms with E-state index < -0.39 is 21.9 Å². The molecular weight excluding hydrogens is 417 g/mol. The average Bonchev–Trinajstić information content (AvgIpc) is 3.11. The predicted octanol–water partition coefficient (Wildman–Crippen LogP) is 5.17. The predicted molar refractivity (Wildman–Crippen MR) is 106 cm³/mol. The number of rotatable bonds is 3. The molecule has 0 bridgehead atoms. The number of fused-ring (bicyclic) bond motifs is 1. The number of hydrogen-bond donors (Lipinski definition) is 1. The Bertz CT molecular complexity index is 1380. The molecule has 1 heterocycles. The van der Waals surface area contributed by atoms with Crippen molar-refractivity contribution in [3.8, 4) is 22.4 Å². The maximum atomic E-state index is 13.3. The summed E-state index contributed by atoms with van der Waals surface area (Å²) >= 11 is 0. The van der Waals surface area contributed by atoms with Gasteiger partial charge >= 0.3 is 6.18 Å². The van der Waals surface area contributed by atoms with E-state index in [1.54, 1.807) is 37.5 Å². The van der Waals surface area contributed by atoms with Crippen LogP contribution >= 0.6 is 0 Å². The molecule has 1 N–H and O–H groups in total. The van der Waals surface area contributed by atoms with Crippen LogP contribution in [0, 0.1) is 0 Å². The molecule has 4 rings (SSSR count). The molecule has 0 spiro atoms. The van der Waals surface area contributed by atoms with Crippen LogP contribution in [0.15, 0.2) is 71.8 Å². The van der Waals surface area contributed by atoms with Crippen LogP contribution in [0.2, 0.25) is 0 Å². The van der Waals surface area contributed by atoms with E-state index >= 15 is 0 Å². The van der Waals surface area contributed by atoms with Gasteiger partial charge in [0, 0.05) is 18.8 Å². The van der Waals surface area contributed by atoms with Crippen LogP contribution in [-0.4, -0.2) is 22.8 Å². The van der Waals surface area contributed by atoms with Crippen LogP contribution in [0.4, 0.5) is 13.2 Å². The summed E-state index contributed by atoms with van der Waals surface area (Å²) in [6, 6.07) is 14.3. The number of benzene rings is 3. The van der Waals surface area contributed by atoms with Crippen LogP contribution in [-0.2, 0) is 23.3 Å². The van der Waals surface area contributed by atoms with Gasteiger partial charge in [0.2, 0.25) is 0 Å². The molecule has 154 valence electrons. The monoisotopic (exact) mass is 432 g/mol. The lowest BCUT2D eigenvalue weighted by molar-refractivity contribution is -0.137. The molecule has 0 amide bonds. The Morgan fingerprint density at radius 2 is 1.70 bits per heavy atom. The summed E-state index contributed by atoms with van der Waals surface area (Å²) < 4.78 is 73.7. The van der Waals surface area contributed by atoms with Crippen molar-refractivity contribution in [1.82, 2.24) is 9.78 Å². The highest BCUT2D eigenvalue weighted by Crippen LogP contribution is 2.40. The van der Waals surface area contributed by atoms with Crippen LogP contribution in [0.5, 0.6) is 0 Å². The van der Waals surface area contributed by atoms with Crippen LogP contribution in [0.3, 0.4) is 0 Å². The van der Waals surface area contributed by atoms with Gasteiger partial charge in [-0.2, -0.15) is 26.7 Å². The largest absolute Gasteiger partial charge is 0.416 e. The Kier molecular flexibility index (Phi) is 4.67. The smallest absolute Gasteiger partial charge is 0.282 e. The van der Waals surface area contributed by atoms with Crippen LogP contribution in [0.25, 0.3) is 33.2 Å². The van der Waals surface area contributed by atoms with Crippen molar-refractivity contribution in [2.24, 2.45) is 7.05 Å². The normalized spacial score (nSPS) is 12.4. The zero-order valence-corrected chi connectivity index (χ0v) is 16.4. The third-order valence-corrected chi connectivity index (χ3v) is 5.63. The maximum absolute atomic E-state index is 13.3. The number of aromatic nitrogens is 2. The van der Waals surface area contributed by atoms with Gasteiger partial charge in [0.15, 0.2) is 0 Å². The fraction of sp³-hybridized carbons (Fsp3) is 0.0952. The Labute approximate surface area is 170 Å². The number of nitrogens with zero attached hydrogens (tertiary/aromatic N) is 2. The minimum Gasteiger partial charge on any atom is -0.282 e. The van der Waals surface area contributed by atoms with Gasteiger partial charge in [0.1, 0.15) is 0 Å². The molecule has 0 saturated carbocycles. The van der Waals surface area contributed by atoms with E-state index in [1.807, 2.05) is 0 Å². The molecule has 0 unspecified atom stereocenters. The van der Waals surface area contributed by atoms with E-state index in [2.05, 4.69) is 5.10 Å². The van der Waals surface area contributed by atoms with Crippen molar-refractivity contribution in [2.45, 2.75) is 11.1 Å². The zero-order valence-electron chi connectivity index (χ0n) is 15.6. The molecule has 3 aromatic carbocycles. The van der Waals surface area contributed by atoms with Gasteiger partial charge in [-0.05, 0) is 52.2 Å². The Hall–Kier alpha value is -3.17. The molecule has 0 fully saturated rings. The van der Waals surface area contributed by atoms with Crippen LogP contribution < -0.4 is 0 Å². The first-order valence-corrected chi connectivity index (χ1v) is 10.2. The van der Waals surface area contributed by atoms with Gasteiger partial charge in [0.05, 0.1) is 16.2 Å². The second-order valence-corrected chi connectivity index (χ2v) is 8.22. The van der Waals surface area contributed by atoms with Crippen molar-refractivity contribution >= 4 is 20.9 Å². The third kappa shape index (κ3) is 3.69. The summed E-state index contributed by atoms with van der Waals surface area (Å²) in [6.45, 7) is 0. The number of halogens is 3. The quantitative estimate of drug-likeness (QED) is 0.453. The summed E-state index contributed by atoms with van der Waals surface area (Å²) in [7, 11) is -2.71.